The lowest BCUT2D eigenvalue weighted by Gasteiger charge is -2.17. The molecule has 0 fully saturated rings. The molecule has 0 saturated carbocycles. The minimum atomic E-state index is -1.06. The number of aromatic nitrogens is 1. The number of aromatic carboxylic acids is 1. The van der Waals surface area contributed by atoms with Gasteiger partial charge in [0, 0.05) is 29.2 Å². The van der Waals surface area contributed by atoms with E-state index in [2.05, 4.69) is 4.98 Å². The number of hydrogen-bond acceptors (Lipinski definition) is 2. The molecule has 0 unspecified atom stereocenters. The number of H-pyrrole nitrogens is 1. The lowest BCUT2D eigenvalue weighted by atomic mass is 10.1. The second-order valence-electron chi connectivity index (χ2n) is 5.29. The molecule has 5 nitrogen and oxygen atoms in total. The number of fused-ring (bicyclic) bond motifs is 1. The van der Waals surface area contributed by atoms with Crippen molar-refractivity contribution in [2.45, 2.75) is 6.42 Å². The van der Waals surface area contributed by atoms with E-state index in [1.54, 1.807) is 13.1 Å². The average molecular weight is 308 g/mol. The molecule has 0 saturated heterocycles. The van der Waals surface area contributed by atoms with Crippen molar-refractivity contribution in [3.63, 3.8) is 0 Å². The molecule has 2 aromatic carbocycles. The summed E-state index contributed by atoms with van der Waals surface area (Å²) in [6.07, 6.45) is 0.0248. The first kappa shape index (κ1) is 14.8. The smallest absolute Gasteiger partial charge is 0.352 e. The summed E-state index contributed by atoms with van der Waals surface area (Å²) in [7, 11) is 1.69. The maximum absolute atomic E-state index is 12.5. The fourth-order valence-corrected chi connectivity index (χ4v) is 2.63. The summed E-state index contributed by atoms with van der Waals surface area (Å²) in [5.41, 5.74) is 2.08. The van der Waals surface area contributed by atoms with E-state index in [1.807, 2.05) is 48.5 Å². The van der Waals surface area contributed by atoms with Gasteiger partial charge >= 0.3 is 5.97 Å². The second-order valence-corrected chi connectivity index (χ2v) is 5.29. The lowest BCUT2D eigenvalue weighted by molar-refractivity contribution is -0.117. The number of nitrogens with one attached hydrogen (secondary N) is 1. The Labute approximate surface area is 133 Å². The fourth-order valence-electron chi connectivity index (χ4n) is 2.63. The van der Waals surface area contributed by atoms with Crippen molar-refractivity contribution in [3.8, 4) is 0 Å². The van der Waals surface area contributed by atoms with Crippen LogP contribution < -0.4 is 4.90 Å². The molecule has 1 aromatic heterocycles. The van der Waals surface area contributed by atoms with Gasteiger partial charge in [0.05, 0.1) is 6.42 Å². The van der Waals surface area contributed by atoms with Crippen LogP contribution in [-0.2, 0) is 11.2 Å². The van der Waals surface area contributed by atoms with E-state index >= 15 is 0 Å². The predicted octanol–water partition coefficient (Wildman–Crippen LogP) is 3.07. The number of likely N-dealkylation sites (N-methyl/N-ethyl adjacent to an activating group) is 1. The molecule has 0 aliphatic rings. The van der Waals surface area contributed by atoms with Crippen LogP contribution in [0.4, 0.5) is 5.69 Å². The number of rotatable bonds is 4. The molecule has 3 rings (SSSR count). The summed E-state index contributed by atoms with van der Waals surface area (Å²) in [5, 5.41) is 10.1. The van der Waals surface area contributed by atoms with Gasteiger partial charge < -0.3 is 15.0 Å². The molecule has 5 heteroatoms. The maximum atomic E-state index is 12.5. The number of aromatic amines is 1. The first-order valence-corrected chi connectivity index (χ1v) is 7.22. The molecule has 0 bridgehead atoms. The summed E-state index contributed by atoms with van der Waals surface area (Å²) in [6, 6.07) is 16.5. The Morgan fingerprint density at radius 2 is 1.70 bits per heavy atom. The van der Waals surface area contributed by atoms with Crippen LogP contribution >= 0.6 is 0 Å². The first-order valence-electron chi connectivity index (χ1n) is 7.22. The monoisotopic (exact) mass is 308 g/mol. The molecule has 2 N–H and O–H groups in total. The fraction of sp³-hybridized carbons (Fsp3) is 0.111. The third-order valence-electron chi connectivity index (χ3n) is 3.87. The Hall–Kier alpha value is -3.08. The number of nitrogens with zero attached hydrogens (tertiary/aromatic N) is 1. The van der Waals surface area contributed by atoms with Crippen LogP contribution in [-0.4, -0.2) is 29.0 Å². The first-order chi connectivity index (χ1) is 11.1. The van der Waals surface area contributed by atoms with E-state index < -0.39 is 5.97 Å². The van der Waals surface area contributed by atoms with Crippen molar-refractivity contribution >= 4 is 28.5 Å². The molecule has 1 amide bonds. The summed E-state index contributed by atoms with van der Waals surface area (Å²) in [5.74, 6) is -1.23. The number of para-hydroxylation sites is 2. The van der Waals surface area contributed by atoms with Crippen molar-refractivity contribution in [2.24, 2.45) is 0 Å². The molecule has 0 aliphatic heterocycles. The normalized spacial score (nSPS) is 10.7. The zero-order valence-corrected chi connectivity index (χ0v) is 12.6. The number of amides is 1. The Kier molecular flexibility index (Phi) is 3.85. The van der Waals surface area contributed by atoms with E-state index in [4.69, 9.17) is 0 Å². The van der Waals surface area contributed by atoms with Crippen LogP contribution in [0, 0.1) is 0 Å². The molecule has 0 atom stereocenters. The predicted molar refractivity (Wildman–Crippen MR) is 88.8 cm³/mol. The number of hydrogen-bond donors (Lipinski definition) is 2. The number of carboxylic acid groups (broad SMARTS) is 1. The van der Waals surface area contributed by atoms with Gasteiger partial charge in [-0.2, -0.15) is 0 Å². The Morgan fingerprint density at radius 1 is 1.04 bits per heavy atom. The van der Waals surface area contributed by atoms with E-state index in [0.717, 1.165) is 16.6 Å². The van der Waals surface area contributed by atoms with Crippen LogP contribution in [0.2, 0.25) is 0 Å². The standard InChI is InChI=1S/C18H16N2O3/c1-20(12-7-3-2-4-8-12)16(21)11-14-13-9-5-6-10-15(13)19-17(14)18(22)23/h2-10,19H,11H2,1H3,(H,22,23). The third-order valence-corrected chi connectivity index (χ3v) is 3.87. The second kappa shape index (κ2) is 5.96. The van der Waals surface area contributed by atoms with Crippen LogP contribution in [0.3, 0.4) is 0 Å². The van der Waals surface area contributed by atoms with E-state index in [0.29, 0.717) is 5.56 Å². The number of benzene rings is 2. The van der Waals surface area contributed by atoms with Crippen molar-refractivity contribution in [3.05, 3.63) is 65.9 Å². The summed E-state index contributed by atoms with van der Waals surface area (Å²) >= 11 is 0. The van der Waals surface area contributed by atoms with Gasteiger partial charge in [-0.05, 0) is 18.2 Å². The molecule has 1 heterocycles. The molecule has 0 radical (unpaired) electrons. The van der Waals surface area contributed by atoms with Gasteiger partial charge in [-0.15, -0.1) is 0 Å². The number of carbonyl (C=O) groups is 2. The zero-order chi connectivity index (χ0) is 16.4. The van der Waals surface area contributed by atoms with Crippen LogP contribution in [0.1, 0.15) is 16.1 Å². The summed E-state index contributed by atoms with van der Waals surface area (Å²) in [4.78, 5) is 28.4. The molecule has 116 valence electrons. The van der Waals surface area contributed by atoms with E-state index in [9.17, 15) is 14.7 Å². The average Bonchev–Trinajstić information content (AvgIpc) is 2.94. The van der Waals surface area contributed by atoms with Gasteiger partial charge in [0.25, 0.3) is 0 Å². The van der Waals surface area contributed by atoms with Crippen molar-refractivity contribution < 1.29 is 14.7 Å². The SMILES string of the molecule is CN(C(=O)Cc1c(C(=O)O)[nH]c2ccccc12)c1ccccc1. The Balaban J connectivity index is 1.96. The van der Waals surface area contributed by atoms with Crippen LogP contribution in [0.25, 0.3) is 10.9 Å². The van der Waals surface area contributed by atoms with Gasteiger partial charge in [0.1, 0.15) is 5.69 Å². The van der Waals surface area contributed by atoms with Crippen molar-refractivity contribution in [1.29, 1.82) is 0 Å². The number of carbonyl (C=O) groups excluding carboxylic acids is 1. The van der Waals surface area contributed by atoms with Gasteiger partial charge in [-0.1, -0.05) is 36.4 Å². The topological polar surface area (TPSA) is 73.4 Å². The highest BCUT2D eigenvalue weighted by molar-refractivity contribution is 6.02. The van der Waals surface area contributed by atoms with Gasteiger partial charge in [-0.25, -0.2) is 4.79 Å². The highest BCUT2D eigenvalue weighted by Gasteiger charge is 2.21. The van der Waals surface area contributed by atoms with Crippen molar-refractivity contribution in [1.82, 2.24) is 4.98 Å². The molecular weight excluding hydrogens is 292 g/mol. The van der Waals surface area contributed by atoms with E-state index in [-0.39, 0.29) is 18.0 Å². The molecule has 0 aliphatic carbocycles. The Morgan fingerprint density at radius 3 is 2.39 bits per heavy atom. The summed E-state index contributed by atoms with van der Waals surface area (Å²) in [6.45, 7) is 0. The van der Waals surface area contributed by atoms with E-state index in [1.165, 1.54) is 4.90 Å². The largest absolute Gasteiger partial charge is 0.477 e. The molecule has 3 aromatic rings. The quantitative estimate of drug-likeness (QED) is 0.778. The van der Waals surface area contributed by atoms with Gasteiger partial charge in [0.2, 0.25) is 5.91 Å². The van der Waals surface area contributed by atoms with Gasteiger partial charge in [-0.3, -0.25) is 4.79 Å². The highest BCUT2D eigenvalue weighted by Crippen LogP contribution is 2.24. The molecular formula is C18H16N2O3. The zero-order valence-electron chi connectivity index (χ0n) is 12.6. The minimum absolute atomic E-state index is 0.0248. The van der Waals surface area contributed by atoms with Crippen molar-refractivity contribution in [2.75, 3.05) is 11.9 Å². The minimum Gasteiger partial charge on any atom is -0.477 e. The lowest BCUT2D eigenvalue weighted by Crippen LogP contribution is -2.28. The maximum Gasteiger partial charge on any atom is 0.352 e. The Bertz CT molecular complexity index is 868. The van der Waals surface area contributed by atoms with Crippen LogP contribution in [0.5, 0.6) is 0 Å². The summed E-state index contributed by atoms with van der Waals surface area (Å²) < 4.78 is 0. The number of anilines is 1. The highest BCUT2D eigenvalue weighted by atomic mass is 16.4. The van der Waals surface area contributed by atoms with Crippen LogP contribution in [0.15, 0.2) is 54.6 Å². The number of carboxylic acids is 1. The molecule has 0 spiro atoms. The van der Waals surface area contributed by atoms with Gasteiger partial charge in [0.15, 0.2) is 0 Å². The third kappa shape index (κ3) is 2.81. The molecule has 23 heavy (non-hydrogen) atoms.